The summed E-state index contributed by atoms with van der Waals surface area (Å²) in [5.74, 6) is 2.44. The normalized spacial score (nSPS) is 10.4. The molecule has 4 nitrogen and oxygen atoms in total. The molecule has 3 aromatic rings. The van der Waals surface area contributed by atoms with Crippen LogP contribution in [0.3, 0.4) is 0 Å². The molecule has 2 aromatic carbocycles. The Morgan fingerprint density at radius 3 is 2.14 bits per heavy atom. The van der Waals surface area contributed by atoms with Crippen LogP contribution in [-0.4, -0.2) is 24.2 Å². The Balaban J connectivity index is 1.95. The molecule has 0 bridgehead atoms. The minimum absolute atomic E-state index is 0.812. The summed E-state index contributed by atoms with van der Waals surface area (Å²) in [4.78, 5) is 7.84. The fourth-order valence-corrected chi connectivity index (χ4v) is 2.17. The van der Waals surface area contributed by atoms with Crippen molar-refractivity contribution in [1.82, 2.24) is 9.97 Å². The van der Waals surface area contributed by atoms with Gasteiger partial charge in [-0.05, 0) is 24.3 Å². The first-order valence-corrected chi connectivity index (χ1v) is 6.64. The molecular formula is C17H16N2O2. The van der Waals surface area contributed by atoms with Crippen molar-refractivity contribution in [3.63, 3.8) is 0 Å². The van der Waals surface area contributed by atoms with Gasteiger partial charge in [-0.25, -0.2) is 4.98 Å². The Hall–Kier alpha value is -2.75. The highest BCUT2D eigenvalue weighted by Crippen LogP contribution is 2.26. The van der Waals surface area contributed by atoms with Gasteiger partial charge in [0.25, 0.3) is 0 Å². The molecule has 0 spiro atoms. The molecule has 4 heteroatoms. The van der Waals surface area contributed by atoms with Crippen molar-refractivity contribution in [3.8, 4) is 34.1 Å². The second-order valence-corrected chi connectivity index (χ2v) is 4.60. The SMILES string of the molecule is COc1cccc(-c2c[nH]c(-c3cccc(OC)c3)n2)c1. The van der Waals surface area contributed by atoms with E-state index in [0.29, 0.717) is 0 Å². The fraction of sp³-hybridized carbons (Fsp3) is 0.118. The van der Waals surface area contributed by atoms with Gasteiger partial charge >= 0.3 is 0 Å². The van der Waals surface area contributed by atoms with Gasteiger partial charge in [0.2, 0.25) is 0 Å². The number of ether oxygens (including phenoxy) is 2. The van der Waals surface area contributed by atoms with E-state index in [4.69, 9.17) is 9.47 Å². The number of aromatic amines is 1. The third-order valence-corrected chi connectivity index (χ3v) is 3.29. The van der Waals surface area contributed by atoms with Gasteiger partial charge in [-0.3, -0.25) is 0 Å². The number of benzene rings is 2. The largest absolute Gasteiger partial charge is 0.497 e. The van der Waals surface area contributed by atoms with E-state index in [1.807, 2.05) is 54.7 Å². The second kappa shape index (κ2) is 5.71. The summed E-state index contributed by atoms with van der Waals surface area (Å²) in [7, 11) is 3.31. The lowest BCUT2D eigenvalue weighted by Gasteiger charge is -2.02. The first-order chi connectivity index (χ1) is 10.3. The summed E-state index contributed by atoms with van der Waals surface area (Å²) in [5.41, 5.74) is 2.88. The molecule has 1 heterocycles. The van der Waals surface area contributed by atoms with E-state index in [1.165, 1.54) is 0 Å². The van der Waals surface area contributed by atoms with E-state index >= 15 is 0 Å². The van der Waals surface area contributed by atoms with Crippen LogP contribution >= 0.6 is 0 Å². The first kappa shape index (κ1) is 13.2. The van der Waals surface area contributed by atoms with Crippen LogP contribution in [0.5, 0.6) is 11.5 Å². The van der Waals surface area contributed by atoms with Gasteiger partial charge in [-0.15, -0.1) is 0 Å². The van der Waals surface area contributed by atoms with E-state index in [-0.39, 0.29) is 0 Å². The van der Waals surface area contributed by atoms with Gasteiger partial charge in [0.1, 0.15) is 17.3 Å². The minimum atomic E-state index is 0.812. The summed E-state index contributed by atoms with van der Waals surface area (Å²) < 4.78 is 10.5. The topological polar surface area (TPSA) is 47.1 Å². The molecule has 0 aliphatic rings. The zero-order valence-corrected chi connectivity index (χ0v) is 12.0. The highest BCUT2D eigenvalue weighted by molar-refractivity contribution is 5.66. The number of nitrogens with one attached hydrogen (secondary N) is 1. The predicted molar refractivity (Wildman–Crippen MR) is 82.6 cm³/mol. The summed E-state index contributed by atoms with van der Waals surface area (Å²) in [5, 5.41) is 0. The summed E-state index contributed by atoms with van der Waals surface area (Å²) in [6.07, 6.45) is 1.89. The van der Waals surface area contributed by atoms with E-state index in [1.54, 1.807) is 14.2 Å². The van der Waals surface area contributed by atoms with Crippen molar-refractivity contribution in [2.45, 2.75) is 0 Å². The lowest BCUT2D eigenvalue weighted by Crippen LogP contribution is -1.86. The number of aromatic nitrogens is 2. The number of imidazole rings is 1. The van der Waals surface area contributed by atoms with Crippen LogP contribution in [-0.2, 0) is 0 Å². The van der Waals surface area contributed by atoms with Crippen LogP contribution in [0.15, 0.2) is 54.7 Å². The van der Waals surface area contributed by atoms with E-state index in [2.05, 4.69) is 9.97 Å². The molecule has 1 aromatic heterocycles. The molecule has 1 N–H and O–H groups in total. The molecule has 3 rings (SSSR count). The molecule has 0 fully saturated rings. The molecule has 21 heavy (non-hydrogen) atoms. The lowest BCUT2D eigenvalue weighted by atomic mass is 10.1. The molecule has 0 unspecified atom stereocenters. The standard InChI is InChI=1S/C17H16N2O2/c1-20-14-7-3-5-12(9-14)16-11-18-17(19-16)13-6-4-8-15(10-13)21-2/h3-11H,1-2H3,(H,18,19). The van der Waals surface area contributed by atoms with Gasteiger partial charge in [-0.1, -0.05) is 24.3 Å². The van der Waals surface area contributed by atoms with Crippen molar-refractivity contribution in [3.05, 3.63) is 54.7 Å². The Kier molecular flexibility index (Phi) is 3.60. The number of hydrogen-bond donors (Lipinski definition) is 1. The minimum Gasteiger partial charge on any atom is -0.497 e. The van der Waals surface area contributed by atoms with Crippen molar-refractivity contribution < 1.29 is 9.47 Å². The van der Waals surface area contributed by atoms with Crippen LogP contribution in [0.1, 0.15) is 0 Å². The smallest absolute Gasteiger partial charge is 0.138 e. The molecule has 106 valence electrons. The van der Waals surface area contributed by atoms with Gasteiger partial charge in [0.05, 0.1) is 19.9 Å². The number of hydrogen-bond acceptors (Lipinski definition) is 3. The average Bonchev–Trinajstić information content (AvgIpc) is 3.05. The summed E-state index contributed by atoms with van der Waals surface area (Å²) in [6.45, 7) is 0. The third-order valence-electron chi connectivity index (χ3n) is 3.29. The third kappa shape index (κ3) is 2.74. The highest BCUT2D eigenvalue weighted by Gasteiger charge is 2.07. The van der Waals surface area contributed by atoms with Crippen molar-refractivity contribution >= 4 is 0 Å². The zero-order valence-electron chi connectivity index (χ0n) is 12.0. The molecule has 0 amide bonds. The number of H-pyrrole nitrogens is 1. The van der Waals surface area contributed by atoms with Crippen molar-refractivity contribution in [2.24, 2.45) is 0 Å². The Labute approximate surface area is 123 Å². The molecule has 0 radical (unpaired) electrons. The second-order valence-electron chi connectivity index (χ2n) is 4.60. The first-order valence-electron chi connectivity index (χ1n) is 6.64. The maximum atomic E-state index is 5.24. The molecule has 0 saturated heterocycles. The van der Waals surface area contributed by atoms with Gasteiger partial charge in [0, 0.05) is 17.3 Å². The highest BCUT2D eigenvalue weighted by atomic mass is 16.5. The zero-order chi connectivity index (χ0) is 14.7. The molecule has 0 aliphatic carbocycles. The molecular weight excluding hydrogens is 264 g/mol. The van der Waals surface area contributed by atoms with Gasteiger partial charge in [-0.2, -0.15) is 0 Å². The van der Waals surface area contributed by atoms with E-state index < -0.39 is 0 Å². The van der Waals surface area contributed by atoms with E-state index in [0.717, 1.165) is 34.1 Å². The molecule has 0 aliphatic heterocycles. The molecule has 0 saturated carbocycles. The maximum absolute atomic E-state index is 5.24. The molecule has 0 atom stereocenters. The summed E-state index contributed by atoms with van der Waals surface area (Å²) >= 11 is 0. The fourth-order valence-electron chi connectivity index (χ4n) is 2.17. The van der Waals surface area contributed by atoms with Crippen LogP contribution in [0.25, 0.3) is 22.6 Å². The van der Waals surface area contributed by atoms with Crippen LogP contribution in [0.2, 0.25) is 0 Å². The summed E-state index contributed by atoms with van der Waals surface area (Å²) in [6, 6.07) is 15.6. The quantitative estimate of drug-likeness (QED) is 0.791. The van der Waals surface area contributed by atoms with Crippen LogP contribution in [0.4, 0.5) is 0 Å². The monoisotopic (exact) mass is 280 g/mol. The lowest BCUT2D eigenvalue weighted by molar-refractivity contribution is 0.415. The Morgan fingerprint density at radius 2 is 1.48 bits per heavy atom. The Morgan fingerprint density at radius 1 is 0.857 bits per heavy atom. The van der Waals surface area contributed by atoms with Crippen molar-refractivity contribution in [2.75, 3.05) is 14.2 Å². The van der Waals surface area contributed by atoms with E-state index in [9.17, 15) is 0 Å². The van der Waals surface area contributed by atoms with Crippen LogP contribution < -0.4 is 9.47 Å². The maximum Gasteiger partial charge on any atom is 0.138 e. The van der Waals surface area contributed by atoms with Crippen molar-refractivity contribution in [1.29, 1.82) is 0 Å². The number of methoxy groups -OCH3 is 2. The van der Waals surface area contributed by atoms with Gasteiger partial charge < -0.3 is 14.5 Å². The average molecular weight is 280 g/mol. The van der Waals surface area contributed by atoms with Gasteiger partial charge in [0.15, 0.2) is 0 Å². The Bertz CT molecular complexity index is 688. The predicted octanol–water partition coefficient (Wildman–Crippen LogP) is 3.76. The number of nitrogens with zero attached hydrogens (tertiary/aromatic N) is 1. The number of rotatable bonds is 4. The van der Waals surface area contributed by atoms with Crippen LogP contribution in [0, 0.1) is 0 Å².